The van der Waals surface area contributed by atoms with E-state index in [4.69, 9.17) is 4.74 Å². The molecule has 1 aliphatic rings. The third-order valence-corrected chi connectivity index (χ3v) is 3.65. The van der Waals surface area contributed by atoms with Gasteiger partial charge in [-0.15, -0.1) is 0 Å². The Morgan fingerprint density at radius 2 is 2.10 bits per heavy atom. The summed E-state index contributed by atoms with van der Waals surface area (Å²) in [5, 5.41) is 9.06. The van der Waals surface area contributed by atoms with E-state index in [1.165, 1.54) is 12.8 Å². The average Bonchev–Trinajstić information content (AvgIpc) is 2.49. The SMILES string of the molecule is COc1ccccc1NC(=O)NCCC1CCNCC1. The predicted octanol–water partition coefficient (Wildman–Crippen LogP) is 2.21. The highest BCUT2D eigenvalue weighted by Gasteiger charge is 2.13. The number of benzene rings is 1. The maximum atomic E-state index is 11.8. The number of anilines is 1. The van der Waals surface area contributed by atoms with Gasteiger partial charge in [0.15, 0.2) is 0 Å². The highest BCUT2D eigenvalue weighted by atomic mass is 16.5. The molecule has 20 heavy (non-hydrogen) atoms. The smallest absolute Gasteiger partial charge is 0.319 e. The number of urea groups is 1. The Morgan fingerprint density at radius 3 is 2.85 bits per heavy atom. The summed E-state index contributed by atoms with van der Waals surface area (Å²) in [5.41, 5.74) is 0.689. The molecule has 2 amide bonds. The second kappa shape index (κ2) is 7.75. The average molecular weight is 277 g/mol. The monoisotopic (exact) mass is 277 g/mol. The number of para-hydroxylation sites is 2. The molecule has 5 heteroatoms. The lowest BCUT2D eigenvalue weighted by molar-refractivity contribution is 0.250. The van der Waals surface area contributed by atoms with E-state index >= 15 is 0 Å². The first-order valence-electron chi connectivity index (χ1n) is 7.18. The number of nitrogens with one attached hydrogen (secondary N) is 3. The Morgan fingerprint density at radius 1 is 1.35 bits per heavy atom. The zero-order valence-corrected chi connectivity index (χ0v) is 11.9. The lowest BCUT2D eigenvalue weighted by atomic mass is 9.95. The molecule has 0 spiro atoms. The number of carbonyl (C=O) groups excluding carboxylic acids is 1. The number of hydrogen-bond donors (Lipinski definition) is 3. The number of carbonyl (C=O) groups is 1. The van der Waals surface area contributed by atoms with Crippen molar-refractivity contribution >= 4 is 11.7 Å². The van der Waals surface area contributed by atoms with E-state index in [1.54, 1.807) is 7.11 Å². The number of methoxy groups -OCH3 is 1. The molecule has 0 bridgehead atoms. The van der Waals surface area contributed by atoms with Crippen molar-refractivity contribution in [3.8, 4) is 5.75 Å². The topological polar surface area (TPSA) is 62.4 Å². The summed E-state index contributed by atoms with van der Waals surface area (Å²) >= 11 is 0. The normalized spacial score (nSPS) is 15.7. The zero-order chi connectivity index (χ0) is 14.2. The van der Waals surface area contributed by atoms with Crippen molar-refractivity contribution in [3.63, 3.8) is 0 Å². The van der Waals surface area contributed by atoms with Crippen LogP contribution in [0.25, 0.3) is 0 Å². The standard InChI is InChI=1S/C15H23N3O2/c1-20-14-5-3-2-4-13(14)18-15(19)17-11-8-12-6-9-16-10-7-12/h2-5,12,16H,6-11H2,1H3,(H2,17,18,19). The molecule has 1 aromatic carbocycles. The molecule has 0 atom stereocenters. The molecule has 3 N–H and O–H groups in total. The van der Waals surface area contributed by atoms with Gasteiger partial charge in [-0.25, -0.2) is 4.79 Å². The predicted molar refractivity (Wildman–Crippen MR) is 80.2 cm³/mol. The summed E-state index contributed by atoms with van der Waals surface area (Å²) < 4.78 is 5.20. The summed E-state index contributed by atoms with van der Waals surface area (Å²) in [6.45, 7) is 2.90. The largest absolute Gasteiger partial charge is 0.495 e. The van der Waals surface area contributed by atoms with Gasteiger partial charge in [0.25, 0.3) is 0 Å². The summed E-state index contributed by atoms with van der Waals surface area (Å²) in [6.07, 6.45) is 3.45. The van der Waals surface area contributed by atoms with Crippen LogP contribution in [0.5, 0.6) is 5.75 Å². The quantitative estimate of drug-likeness (QED) is 0.773. The number of hydrogen-bond acceptors (Lipinski definition) is 3. The van der Waals surface area contributed by atoms with E-state index in [2.05, 4.69) is 16.0 Å². The molecule has 1 fully saturated rings. The Labute approximate surface area is 120 Å². The Kier molecular flexibility index (Phi) is 5.68. The molecule has 1 aromatic rings. The maximum absolute atomic E-state index is 11.8. The second-order valence-corrected chi connectivity index (χ2v) is 5.06. The highest BCUT2D eigenvalue weighted by Crippen LogP contribution is 2.22. The molecule has 1 saturated heterocycles. The van der Waals surface area contributed by atoms with Crippen molar-refractivity contribution in [2.24, 2.45) is 5.92 Å². The minimum Gasteiger partial charge on any atom is -0.495 e. The minimum absolute atomic E-state index is 0.177. The molecular weight excluding hydrogens is 254 g/mol. The lowest BCUT2D eigenvalue weighted by Crippen LogP contribution is -2.33. The molecule has 110 valence electrons. The van der Waals surface area contributed by atoms with Gasteiger partial charge in [-0.3, -0.25) is 0 Å². The Hall–Kier alpha value is -1.75. The van der Waals surface area contributed by atoms with Crippen molar-refractivity contribution < 1.29 is 9.53 Å². The van der Waals surface area contributed by atoms with Crippen LogP contribution in [0.15, 0.2) is 24.3 Å². The number of piperidine rings is 1. The first-order valence-corrected chi connectivity index (χ1v) is 7.18. The van der Waals surface area contributed by atoms with Crippen LogP contribution in [0.4, 0.5) is 10.5 Å². The summed E-state index contributed by atoms with van der Waals surface area (Å²) in [7, 11) is 1.59. The van der Waals surface area contributed by atoms with Gasteiger partial charge >= 0.3 is 6.03 Å². The van der Waals surface area contributed by atoms with Crippen LogP contribution >= 0.6 is 0 Å². The molecule has 1 heterocycles. The minimum atomic E-state index is -0.177. The summed E-state index contributed by atoms with van der Waals surface area (Å²) in [5.74, 6) is 1.39. The fourth-order valence-electron chi connectivity index (χ4n) is 2.47. The van der Waals surface area contributed by atoms with E-state index in [0.717, 1.165) is 25.4 Å². The molecule has 0 unspecified atom stereocenters. The van der Waals surface area contributed by atoms with Crippen LogP contribution in [0, 0.1) is 5.92 Å². The zero-order valence-electron chi connectivity index (χ0n) is 11.9. The first kappa shape index (κ1) is 14.7. The molecular formula is C15H23N3O2. The van der Waals surface area contributed by atoms with E-state index < -0.39 is 0 Å². The number of rotatable bonds is 5. The van der Waals surface area contributed by atoms with Crippen LogP contribution < -0.4 is 20.7 Å². The maximum Gasteiger partial charge on any atom is 0.319 e. The van der Waals surface area contributed by atoms with Gasteiger partial charge in [0.05, 0.1) is 12.8 Å². The molecule has 1 aliphatic heterocycles. The van der Waals surface area contributed by atoms with E-state index in [1.807, 2.05) is 24.3 Å². The molecule has 0 radical (unpaired) electrons. The van der Waals surface area contributed by atoms with Crippen molar-refractivity contribution in [2.75, 3.05) is 32.1 Å². The van der Waals surface area contributed by atoms with Crippen LogP contribution in [-0.2, 0) is 0 Å². The van der Waals surface area contributed by atoms with E-state index in [9.17, 15) is 4.79 Å². The van der Waals surface area contributed by atoms with Crippen LogP contribution in [-0.4, -0.2) is 32.8 Å². The third kappa shape index (κ3) is 4.42. The fraction of sp³-hybridized carbons (Fsp3) is 0.533. The fourth-order valence-corrected chi connectivity index (χ4v) is 2.47. The van der Waals surface area contributed by atoms with Gasteiger partial charge in [0.2, 0.25) is 0 Å². The van der Waals surface area contributed by atoms with Gasteiger partial charge < -0.3 is 20.7 Å². The first-order chi connectivity index (χ1) is 9.79. The van der Waals surface area contributed by atoms with E-state index in [0.29, 0.717) is 18.0 Å². The van der Waals surface area contributed by atoms with Crippen molar-refractivity contribution in [3.05, 3.63) is 24.3 Å². The van der Waals surface area contributed by atoms with Crippen molar-refractivity contribution in [1.82, 2.24) is 10.6 Å². The lowest BCUT2D eigenvalue weighted by Gasteiger charge is -2.22. The molecule has 5 nitrogen and oxygen atoms in total. The van der Waals surface area contributed by atoms with Crippen molar-refractivity contribution in [1.29, 1.82) is 0 Å². The van der Waals surface area contributed by atoms with Gasteiger partial charge in [0.1, 0.15) is 5.75 Å². The Bertz CT molecular complexity index is 431. The summed E-state index contributed by atoms with van der Waals surface area (Å²) in [6, 6.07) is 7.21. The summed E-state index contributed by atoms with van der Waals surface area (Å²) in [4.78, 5) is 11.8. The van der Waals surface area contributed by atoms with Crippen molar-refractivity contribution in [2.45, 2.75) is 19.3 Å². The van der Waals surface area contributed by atoms with Crippen LogP contribution in [0.1, 0.15) is 19.3 Å². The molecule has 0 aromatic heterocycles. The van der Waals surface area contributed by atoms with Gasteiger partial charge in [-0.1, -0.05) is 12.1 Å². The molecule has 2 rings (SSSR count). The van der Waals surface area contributed by atoms with Gasteiger partial charge in [-0.05, 0) is 50.4 Å². The Balaban J connectivity index is 1.72. The van der Waals surface area contributed by atoms with Crippen LogP contribution in [0.3, 0.4) is 0 Å². The third-order valence-electron chi connectivity index (χ3n) is 3.65. The second-order valence-electron chi connectivity index (χ2n) is 5.06. The van der Waals surface area contributed by atoms with Gasteiger partial charge in [0, 0.05) is 6.54 Å². The molecule has 0 aliphatic carbocycles. The molecule has 0 saturated carbocycles. The van der Waals surface area contributed by atoms with Gasteiger partial charge in [-0.2, -0.15) is 0 Å². The number of ether oxygens (including phenoxy) is 1. The van der Waals surface area contributed by atoms with Crippen LogP contribution in [0.2, 0.25) is 0 Å². The highest BCUT2D eigenvalue weighted by molar-refractivity contribution is 5.90. The van der Waals surface area contributed by atoms with E-state index in [-0.39, 0.29) is 6.03 Å². The number of amides is 2.